The molecule has 7 heteroatoms. The molecule has 0 aliphatic rings. The summed E-state index contributed by atoms with van der Waals surface area (Å²) in [6, 6.07) is 15.9. The molecule has 7 nitrogen and oxygen atoms in total. The van der Waals surface area contributed by atoms with Crippen molar-refractivity contribution in [3.63, 3.8) is 0 Å². The van der Waals surface area contributed by atoms with Crippen molar-refractivity contribution in [3.8, 4) is 0 Å². The highest BCUT2D eigenvalue weighted by Gasteiger charge is 2.20. The summed E-state index contributed by atoms with van der Waals surface area (Å²) < 4.78 is 4.94. The molecule has 0 aliphatic carbocycles. The van der Waals surface area contributed by atoms with Crippen molar-refractivity contribution in [1.82, 2.24) is 4.90 Å². The summed E-state index contributed by atoms with van der Waals surface area (Å²) in [6.07, 6.45) is 0.631. The van der Waals surface area contributed by atoms with Crippen LogP contribution in [0.1, 0.15) is 24.5 Å². The topological polar surface area (TPSA) is 89.8 Å². The molecule has 1 amide bonds. The van der Waals surface area contributed by atoms with Crippen molar-refractivity contribution < 1.29 is 19.2 Å². The zero-order chi connectivity index (χ0) is 20.4. The standard InChI is InChI=1S/C21H24N2O5/c1-2-28-21(25)13-15-22(14-12-17-8-4-3-5-9-17)20(24)16-18-10-6-7-11-19(18)23(26)27/h3-11H,2,12-16H2,1H3. The fourth-order valence-corrected chi connectivity index (χ4v) is 2.84. The number of benzene rings is 2. The molecular weight excluding hydrogens is 360 g/mol. The number of carbonyl (C=O) groups is 2. The summed E-state index contributed by atoms with van der Waals surface area (Å²) in [4.78, 5) is 36.8. The van der Waals surface area contributed by atoms with Gasteiger partial charge in [-0.1, -0.05) is 48.5 Å². The third kappa shape index (κ3) is 6.50. The minimum Gasteiger partial charge on any atom is -0.466 e. The Bertz CT molecular complexity index is 807. The first kappa shape index (κ1) is 21.1. The van der Waals surface area contributed by atoms with Crippen LogP contribution in [0.5, 0.6) is 0 Å². The van der Waals surface area contributed by atoms with Gasteiger partial charge >= 0.3 is 5.97 Å². The number of hydrogen-bond acceptors (Lipinski definition) is 5. The summed E-state index contributed by atoms with van der Waals surface area (Å²) >= 11 is 0. The van der Waals surface area contributed by atoms with Gasteiger partial charge < -0.3 is 9.64 Å². The maximum absolute atomic E-state index is 12.8. The molecule has 0 saturated carbocycles. The van der Waals surface area contributed by atoms with Gasteiger partial charge in [0.05, 0.1) is 24.4 Å². The van der Waals surface area contributed by atoms with Crippen LogP contribution in [0.25, 0.3) is 0 Å². The smallest absolute Gasteiger partial charge is 0.307 e. The van der Waals surface area contributed by atoms with E-state index in [0.717, 1.165) is 5.56 Å². The van der Waals surface area contributed by atoms with E-state index < -0.39 is 4.92 Å². The quantitative estimate of drug-likeness (QED) is 0.357. The first-order chi connectivity index (χ1) is 13.5. The van der Waals surface area contributed by atoms with Gasteiger partial charge in [-0.25, -0.2) is 0 Å². The number of carbonyl (C=O) groups excluding carboxylic acids is 2. The second-order valence-electron chi connectivity index (χ2n) is 6.23. The van der Waals surface area contributed by atoms with Gasteiger partial charge in [-0.05, 0) is 18.9 Å². The van der Waals surface area contributed by atoms with Crippen LogP contribution in [0, 0.1) is 10.1 Å². The average Bonchev–Trinajstić information content (AvgIpc) is 2.69. The van der Waals surface area contributed by atoms with Gasteiger partial charge in [-0.2, -0.15) is 0 Å². The fourth-order valence-electron chi connectivity index (χ4n) is 2.84. The second-order valence-corrected chi connectivity index (χ2v) is 6.23. The first-order valence-corrected chi connectivity index (χ1v) is 9.21. The van der Waals surface area contributed by atoms with Crippen LogP contribution in [-0.4, -0.2) is 41.4 Å². The van der Waals surface area contributed by atoms with Crippen LogP contribution in [0.2, 0.25) is 0 Å². The Morgan fingerprint density at radius 1 is 1.04 bits per heavy atom. The van der Waals surface area contributed by atoms with Crippen LogP contribution in [-0.2, 0) is 27.2 Å². The molecule has 148 valence electrons. The van der Waals surface area contributed by atoms with Gasteiger partial charge in [0, 0.05) is 24.7 Å². The summed E-state index contributed by atoms with van der Waals surface area (Å²) in [5, 5.41) is 11.2. The lowest BCUT2D eigenvalue weighted by Gasteiger charge is -2.22. The Kier molecular flexibility index (Phi) is 8.14. The number of amides is 1. The van der Waals surface area contributed by atoms with Crippen molar-refractivity contribution in [2.45, 2.75) is 26.2 Å². The molecule has 0 unspecified atom stereocenters. The number of rotatable bonds is 10. The van der Waals surface area contributed by atoms with Crippen LogP contribution >= 0.6 is 0 Å². The first-order valence-electron chi connectivity index (χ1n) is 9.21. The van der Waals surface area contributed by atoms with Gasteiger partial charge in [0.2, 0.25) is 5.91 Å². The van der Waals surface area contributed by atoms with Gasteiger partial charge in [0.1, 0.15) is 0 Å². The largest absolute Gasteiger partial charge is 0.466 e. The Morgan fingerprint density at radius 2 is 1.71 bits per heavy atom. The van der Waals surface area contributed by atoms with E-state index in [1.54, 1.807) is 30.0 Å². The van der Waals surface area contributed by atoms with E-state index in [9.17, 15) is 19.7 Å². The molecule has 2 aromatic rings. The Balaban J connectivity index is 2.09. The van der Waals surface area contributed by atoms with Crippen LogP contribution < -0.4 is 0 Å². The van der Waals surface area contributed by atoms with E-state index in [2.05, 4.69) is 0 Å². The number of para-hydroxylation sites is 1. The molecule has 28 heavy (non-hydrogen) atoms. The van der Waals surface area contributed by atoms with Crippen molar-refractivity contribution in [2.75, 3.05) is 19.7 Å². The van der Waals surface area contributed by atoms with Crippen LogP contribution in [0.3, 0.4) is 0 Å². The number of nitro benzene ring substituents is 1. The molecule has 0 aliphatic heterocycles. The molecule has 2 rings (SSSR count). The number of esters is 1. The predicted molar refractivity (Wildman–Crippen MR) is 105 cm³/mol. The molecule has 2 aromatic carbocycles. The Hall–Kier alpha value is -3.22. The minimum atomic E-state index is -0.491. The van der Waals surface area contributed by atoms with Gasteiger partial charge in [0.25, 0.3) is 5.69 Å². The SMILES string of the molecule is CCOC(=O)CCN(CCc1ccccc1)C(=O)Cc1ccccc1[N+](=O)[O-]. The highest BCUT2D eigenvalue weighted by atomic mass is 16.6. The van der Waals surface area contributed by atoms with E-state index in [1.807, 2.05) is 30.3 Å². The molecule has 0 saturated heterocycles. The molecular formula is C21H24N2O5. The van der Waals surface area contributed by atoms with Crippen molar-refractivity contribution in [1.29, 1.82) is 0 Å². The van der Waals surface area contributed by atoms with Gasteiger partial charge in [0.15, 0.2) is 0 Å². The van der Waals surface area contributed by atoms with Crippen molar-refractivity contribution in [2.24, 2.45) is 0 Å². The lowest BCUT2D eigenvalue weighted by atomic mass is 10.1. The summed E-state index contributed by atoms with van der Waals surface area (Å²) in [5.74, 6) is -0.625. The van der Waals surface area contributed by atoms with Gasteiger partial charge in [-0.3, -0.25) is 19.7 Å². The highest BCUT2D eigenvalue weighted by Crippen LogP contribution is 2.19. The van der Waals surface area contributed by atoms with Gasteiger partial charge in [-0.15, -0.1) is 0 Å². The summed E-state index contributed by atoms with van der Waals surface area (Å²) in [7, 11) is 0. The lowest BCUT2D eigenvalue weighted by molar-refractivity contribution is -0.385. The zero-order valence-corrected chi connectivity index (χ0v) is 15.9. The van der Waals surface area contributed by atoms with Crippen molar-refractivity contribution in [3.05, 3.63) is 75.8 Å². The Labute approximate surface area is 164 Å². The second kappa shape index (κ2) is 10.8. The maximum atomic E-state index is 12.8. The minimum absolute atomic E-state index is 0.0794. The molecule has 0 fully saturated rings. The van der Waals surface area contributed by atoms with E-state index in [4.69, 9.17) is 4.74 Å². The molecule has 0 heterocycles. The maximum Gasteiger partial charge on any atom is 0.307 e. The number of ether oxygens (including phenoxy) is 1. The van der Waals surface area contributed by atoms with E-state index in [-0.39, 0.29) is 43.6 Å². The molecule has 0 N–H and O–H groups in total. The third-order valence-electron chi connectivity index (χ3n) is 4.29. The van der Waals surface area contributed by atoms with E-state index >= 15 is 0 Å². The van der Waals surface area contributed by atoms with Crippen LogP contribution in [0.15, 0.2) is 54.6 Å². The Morgan fingerprint density at radius 3 is 2.39 bits per heavy atom. The zero-order valence-electron chi connectivity index (χ0n) is 15.9. The molecule has 0 aromatic heterocycles. The summed E-state index contributed by atoms with van der Waals surface area (Å²) in [6.45, 7) is 2.64. The molecule has 0 radical (unpaired) electrons. The van der Waals surface area contributed by atoms with E-state index in [1.165, 1.54) is 6.07 Å². The number of nitrogens with zero attached hydrogens (tertiary/aromatic N) is 2. The molecule has 0 bridgehead atoms. The van der Waals surface area contributed by atoms with Crippen LogP contribution in [0.4, 0.5) is 5.69 Å². The number of nitro groups is 1. The normalized spacial score (nSPS) is 10.3. The average molecular weight is 384 g/mol. The molecule has 0 atom stereocenters. The number of hydrogen-bond donors (Lipinski definition) is 0. The van der Waals surface area contributed by atoms with E-state index in [0.29, 0.717) is 18.5 Å². The summed E-state index contributed by atoms with van der Waals surface area (Å²) in [5.41, 5.74) is 1.35. The monoisotopic (exact) mass is 384 g/mol. The third-order valence-corrected chi connectivity index (χ3v) is 4.29. The predicted octanol–water partition coefficient (Wildman–Crippen LogP) is 3.16. The fraction of sp³-hybridized carbons (Fsp3) is 0.333. The van der Waals surface area contributed by atoms with Crippen molar-refractivity contribution >= 4 is 17.6 Å². The molecule has 0 spiro atoms. The highest BCUT2D eigenvalue weighted by molar-refractivity contribution is 5.80. The lowest BCUT2D eigenvalue weighted by Crippen LogP contribution is -2.36.